The predicted molar refractivity (Wildman–Crippen MR) is 71.3 cm³/mol. The summed E-state index contributed by atoms with van der Waals surface area (Å²) in [6.07, 6.45) is 0. The van der Waals surface area contributed by atoms with Gasteiger partial charge in [-0.2, -0.15) is 0 Å². The Hall–Kier alpha value is -2.38. The van der Waals surface area contributed by atoms with E-state index in [0.717, 1.165) is 0 Å². The van der Waals surface area contributed by atoms with Crippen molar-refractivity contribution in [2.75, 3.05) is 0 Å². The van der Waals surface area contributed by atoms with Crippen LogP contribution in [0.2, 0.25) is 0 Å². The topological polar surface area (TPSA) is 107 Å². The first-order valence-electron chi connectivity index (χ1n) is 5.51. The highest BCUT2D eigenvalue weighted by Crippen LogP contribution is 2.28. The molecule has 0 fully saturated rings. The minimum atomic E-state index is -3.92. The number of carboxylic acid groups (broad SMARTS) is 1. The van der Waals surface area contributed by atoms with Crippen molar-refractivity contribution in [1.29, 1.82) is 0 Å². The molecule has 0 heterocycles. The number of carboxylic acids is 1. The van der Waals surface area contributed by atoms with Crippen LogP contribution in [0.3, 0.4) is 0 Å². The van der Waals surface area contributed by atoms with E-state index in [-0.39, 0.29) is 22.0 Å². The van der Waals surface area contributed by atoms with Crippen LogP contribution in [0.5, 0.6) is 11.5 Å². The summed E-state index contributed by atoms with van der Waals surface area (Å²) in [6.45, 7) is 0. The second kappa shape index (κ2) is 5.32. The molecule has 3 N–H and O–H groups in total. The number of carbonyl (C=O) groups is 1. The fraction of sp³-hybridized carbons (Fsp3) is 0. The van der Waals surface area contributed by atoms with Crippen LogP contribution in [-0.4, -0.2) is 19.5 Å². The SMILES string of the molecule is NS(=O)(=O)c1ccccc1Oc1cccc(C(=O)O)c1. The van der Waals surface area contributed by atoms with E-state index in [0.29, 0.717) is 0 Å². The summed E-state index contributed by atoms with van der Waals surface area (Å²) in [5.74, 6) is -0.853. The molecule has 0 spiro atoms. The fourth-order valence-electron chi connectivity index (χ4n) is 1.59. The van der Waals surface area contributed by atoms with Crippen molar-refractivity contribution in [3.05, 3.63) is 54.1 Å². The number of rotatable bonds is 4. The van der Waals surface area contributed by atoms with Gasteiger partial charge in [0.05, 0.1) is 5.56 Å². The molecule has 6 nitrogen and oxygen atoms in total. The lowest BCUT2D eigenvalue weighted by Gasteiger charge is -2.09. The van der Waals surface area contributed by atoms with Gasteiger partial charge in [-0.05, 0) is 30.3 Å². The fourth-order valence-corrected chi connectivity index (χ4v) is 2.25. The molecule has 0 radical (unpaired) electrons. The summed E-state index contributed by atoms with van der Waals surface area (Å²) in [6, 6.07) is 11.6. The Morgan fingerprint density at radius 1 is 1.10 bits per heavy atom. The quantitative estimate of drug-likeness (QED) is 0.894. The van der Waals surface area contributed by atoms with E-state index < -0.39 is 16.0 Å². The molecule has 0 saturated carbocycles. The standard InChI is InChI=1S/C13H11NO5S/c14-20(17,18)12-7-2-1-6-11(12)19-10-5-3-4-9(8-10)13(15)16/h1-8H,(H,15,16)(H2,14,17,18). The lowest BCUT2D eigenvalue weighted by molar-refractivity contribution is 0.0696. The smallest absolute Gasteiger partial charge is 0.335 e. The molecule has 20 heavy (non-hydrogen) atoms. The maximum atomic E-state index is 11.4. The Morgan fingerprint density at radius 2 is 1.80 bits per heavy atom. The van der Waals surface area contributed by atoms with Gasteiger partial charge >= 0.3 is 5.97 Å². The Kier molecular flexibility index (Phi) is 3.73. The summed E-state index contributed by atoms with van der Waals surface area (Å²) >= 11 is 0. The van der Waals surface area contributed by atoms with Crippen LogP contribution in [-0.2, 0) is 10.0 Å². The molecule has 0 bridgehead atoms. The normalized spacial score (nSPS) is 11.1. The highest BCUT2D eigenvalue weighted by atomic mass is 32.2. The van der Waals surface area contributed by atoms with Gasteiger partial charge in [0.15, 0.2) is 0 Å². The van der Waals surface area contributed by atoms with Crippen molar-refractivity contribution in [3.63, 3.8) is 0 Å². The van der Waals surface area contributed by atoms with Gasteiger partial charge in [-0.25, -0.2) is 18.4 Å². The Morgan fingerprint density at radius 3 is 2.45 bits per heavy atom. The molecule has 0 atom stereocenters. The molecule has 2 rings (SSSR count). The first kappa shape index (κ1) is 14.0. The third-order valence-electron chi connectivity index (χ3n) is 2.46. The summed E-state index contributed by atoms with van der Waals surface area (Å²) in [5, 5.41) is 14.0. The average molecular weight is 293 g/mol. The number of para-hydroxylation sites is 1. The maximum absolute atomic E-state index is 11.4. The van der Waals surface area contributed by atoms with Crippen LogP contribution in [0.4, 0.5) is 0 Å². The number of sulfonamides is 1. The van der Waals surface area contributed by atoms with Gasteiger partial charge in [0.1, 0.15) is 16.4 Å². The largest absolute Gasteiger partial charge is 0.478 e. The van der Waals surface area contributed by atoms with Gasteiger partial charge in [0, 0.05) is 0 Å². The minimum Gasteiger partial charge on any atom is -0.478 e. The van der Waals surface area contributed by atoms with E-state index in [1.807, 2.05) is 0 Å². The van der Waals surface area contributed by atoms with Crippen molar-refractivity contribution in [1.82, 2.24) is 0 Å². The van der Waals surface area contributed by atoms with E-state index in [2.05, 4.69) is 0 Å². The zero-order valence-electron chi connectivity index (χ0n) is 10.2. The first-order valence-corrected chi connectivity index (χ1v) is 7.05. The maximum Gasteiger partial charge on any atom is 0.335 e. The van der Waals surface area contributed by atoms with Gasteiger partial charge < -0.3 is 9.84 Å². The van der Waals surface area contributed by atoms with Gasteiger partial charge in [0.25, 0.3) is 0 Å². The Bertz CT molecular complexity index is 755. The van der Waals surface area contributed by atoms with Gasteiger partial charge in [-0.15, -0.1) is 0 Å². The number of nitrogens with two attached hydrogens (primary N) is 1. The number of hydrogen-bond acceptors (Lipinski definition) is 4. The lowest BCUT2D eigenvalue weighted by atomic mass is 10.2. The summed E-state index contributed by atoms with van der Waals surface area (Å²) in [5.41, 5.74) is 0.0376. The number of ether oxygens (including phenoxy) is 1. The third-order valence-corrected chi connectivity index (χ3v) is 3.41. The highest BCUT2D eigenvalue weighted by Gasteiger charge is 2.15. The molecule has 0 aromatic heterocycles. The highest BCUT2D eigenvalue weighted by molar-refractivity contribution is 7.89. The molecule has 2 aromatic carbocycles. The molecule has 0 saturated heterocycles. The van der Waals surface area contributed by atoms with Crippen LogP contribution < -0.4 is 9.88 Å². The number of benzene rings is 2. The zero-order valence-corrected chi connectivity index (χ0v) is 11.0. The van der Waals surface area contributed by atoms with Crippen molar-refractivity contribution in [2.45, 2.75) is 4.90 Å². The van der Waals surface area contributed by atoms with Crippen molar-refractivity contribution < 1.29 is 23.1 Å². The van der Waals surface area contributed by atoms with E-state index in [1.54, 1.807) is 6.07 Å². The molecule has 0 aliphatic carbocycles. The number of primary sulfonamides is 1. The van der Waals surface area contributed by atoms with Gasteiger partial charge in [-0.3, -0.25) is 0 Å². The monoisotopic (exact) mass is 293 g/mol. The molecule has 0 unspecified atom stereocenters. The molecule has 2 aromatic rings. The molecule has 0 amide bonds. The molecule has 104 valence electrons. The van der Waals surface area contributed by atoms with Crippen LogP contribution >= 0.6 is 0 Å². The van der Waals surface area contributed by atoms with E-state index >= 15 is 0 Å². The molecule has 7 heteroatoms. The predicted octanol–water partition coefficient (Wildman–Crippen LogP) is 1.82. The van der Waals surface area contributed by atoms with Crippen LogP contribution in [0, 0.1) is 0 Å². The summed E-state index contributed by atoms with van der Waals surface area (Å²) in [4.78, 5) is 10.7. The Labute approximate surface area is 115 Å². The first-order chi connectivity index (χ1) is 9.38. The van der Waals surface area contributed by atoms with Crippen LogP contribution in [0.15, 0.2) is 53.4 Å². The second-order valence-corrected chi connectivity index (χ2v) is 5.46. The molecule has 0 aliphatic rings. The zero-order chi connectivity index (χ0) is 14.8. The van der Waals surface area contributed by atoms with E-state index in [4.69, 9.17) is 15.0 Å². The van der Waals surface area contributed by atoms with Gasteiger partial charge in [0.2, 0.25) is 10.0 Å². The van der Waals surface area contributed by atoms with Gasteiger partial charge in [-0.1, -0.05) is 18.2 Å². The van der Waals surface area contributed by atoms with Crippen molar-refractivity contribution in [3.8, 4) is 11.5 Å². The van der Waals surface area contributed by atoms with Crippen LogP contribution in [0.25, 0.3) is 0 Å². The third kappa shape index (κ3) is 3.14. The summed E-state index contributed by atoms with van der Waals surface area (Å²) < 4.78 is 28.2. The molecular formula is C13H11NO5S. The molecule has 0 aliphatic heterocycles. The van der Waals surface area contributed by atoms with Crippen molar-refractivity contribution in [2.24, 2.45) is 5.14 Å². The summed E-state index contributed by atoms with van der Waals surface area (Å²) in [7, 11) is -3.92. The van der Waals surface area contributed by atoms with E-state index in [1.165, 1.54) is 42.5 Å². The van der Waals surface area contributed by atoms with E-state index in [9.17, 15) is 13.2 Å². The number of hydrogen-bond donors (Lipinski definition) is 2. The molecular weight excluding hydrogens is 282 g/mol. The number of aromatic carboxylic acids is 1. The second-order valence-electron chi connectivity index (χ2n) is 3.93. The van der Waals surface area contributed by atoms with Crippen LogP contribution in [0.1, 0.15) is 10.4 Å². The van der Waals surface area contributed by atoms with Crippen molar-refractivity contribution >= 4 is 16.0 Å². The minimum absolute atomic E-state index is 0.0376. The Balaban J connectivity index is 2.41. The average Bonchev–Trinajstić information content (AvgIpc) is 2.38. The lowest BCUT2D eigenvalue weighted by Crippen LogP contribution is -2.13.